The Balaban J connectivity index is 1.68. The lowest BCUT2D eigenvalue weighted by molar-refractivity contribution is -0.181. The monoisotopic (exact) mass is 319 g/mol. The number of pyridine rings is 1. The van der Waals surface area contributed by atoms with Gasteiger partial charge in [-0.3, -0.25) is 9.78 Å². The molecule has 0 unspecified atom stereocenters. The number of rotatable bonds is 4. The highest BCUT2D eigenvalue weighted by atomic mass is 16.7. The van der Waals surface area contributed by atoms with E-state index in [2.05, 4.69) is 23.7 Å². The minimum Gasteiger partial charge on any atom is -0.372 e. The van der Waals surface area contributed by atoms with Crippen LogP contribution in [0.4, 0.5) is 5.69 Å². The van der Waals surface area contributed by atoms with Crippen LogP contribution in [0.5, 0.6) is 0 Å². The van der Waals surface area contributed by atoms with Crippen molar-refractivity contribution in [3.63, 3.8) is 0 Å². The fourth-order valence-corrected chi connectivity index (χ4v) is 3.32. The molecule has 1 aromatic rings. The Hall–Kier alpha value is -1.66. The molecule has 1 amide bonds. The molecule has 23 heavy (non-hydrogen) atoms. The van der Waals surface area contributed by atoms with Gasteiger partial charge in [0.15, 0.2) is 5.79 Å². The molecule has 2 fully saturated rings. The van der Waals surface area contributed by atoms with Crippen LogP contribution in [0, 0.1) is 0 Å². The molecule has 0 saturated carbocycles. The van der Waals surface area contributed by atoms with Gasteiger partial charge in [-0.15, -0.1) is 0 Å². The fourth-order valence-electron chi connectivity index (χ4n) is 3.32. The number of nitrogens with zero attached hydrogens (tertiary/aromatic N) is 3. The van der Waals surface area contributed by atoms with Crippen molar-refractivity contribution in [3.05, 3.63) is 24.0 Å². The van der Waals surface area contributed by atoms with E-state index in [1.54, 1.807) is 6.20 Å². The largest absolute Gasteiger partial charge is 0.372 e. The van der Waals surface area contributed by atoms with Gasteiger partial charge in [0.1, 0.15) is 5.69 Å². The third-order valence-corrected chi connectivity index (χ3v) is 4.72. The van der Waals surface area contributed by atoms with Crippen molar-refractivity contribution in [2.75, 3.05) is 44.3 Å². The first-order chi connectivity index (χ1) is 11.2. The predicted octanol–water partition coefficient (Wildman–Crippen LogP) is 1.91. The summed E-state index contributed by atoms with van der Waals surface area (Å²) in [6.07, 6.45) is 3.18. The van der Waals surface area contributed by atoms with Crippen molar-refractivity contribution in [3.8, 4) is 0 Å². The minimum absolute atomic E-state index is 0.00754. The van der Waals surface area contributed by atoms with Crippen molar-refractivity contribution >= 4 is 11.6 Å². The zero-order chi connectivity index (χ0) is 16.3. The molecule has 0 N–H and O–H groups in total. The topological polar surface area (TPSA) is 54.9 Å². The molecule has 2 aliphatic rings. The molecule has 0 aromatic carbocycles. The Morgan fingerprint density at radius 2 is 1.91 bits per heavy atom. The van der Waals surface area contributed by atoms with Crippen molar-refractivity contribution < 1.29 is 14.3 Å². The summed E-state index contributed by atoms with van der Waals surface area (Å²) in [6.45, 7) is 8.65. The highest BCUT2D eigenvalue weighted by molar-refractivity contribution is 5.93. The molecule has 6 nitrogen and oxygen atoms in total. The lowest BCUT2D eigenvalue weighted by Gasteiger charge is -2.37. The summed E-state index contributed by atoms with van der Waals surface area (Å²) < 4.78 is 11.4. The number of aromatic nitrogens is 1. The first-order valence-corrected chi connectivity index (χ1v) is 8.45. The number of hydrogen-bond acceptors (Lipinski definition) is 5. The van der Waals surface area contributed by atoms with E-state index >= 15 is 0 Å². The van der Waals surface area contributed by atoms with Gasteiger partial charge in [0.25, 0.3) is 5.91 Å². The summed E-state index contributed by atoms with van der Waals surface area (Å²) >= 11 is 0. The molecule has 6 heteroatoms. The van der Waals surface area contributed by atoms with Crippen LogP contribution in [-0.2, 0) is 9.47 Å². The number of hydrogen-bond donors (Lipinski definition) is 0. The van der Waals surface area contributed by atoms with Crippen LogP contribution in [0.1, 0.15) is 37.2 Å². The molecule has 2 saturated heterocycles. The molecule has 3 rings (SSSR count). The van der Waals surface area contributed by atoms with E-state index in [9.17, 15) is 4.79 Å². The van der Waals surface area contributed by atoms with E-state index in [0.717, 1.165) is 31.6 Å². The van der Waals surface area contributed by atoms with E-state index in [1.807, 2.05) is 17.0 Å². The van der Waals surface area contributed by atoms with Gasteiger partial charge in [-0.1, -0.05) is 0 Å². The number of anilines is 1. The second kappa shape index (κ2) is 6.84. The van der Waals surface area contributed by atoms with Gasteiger partial charge in [-0.2, -0.15) is 0 Å². The van der Waals surface area contributed by atoms with E-state index < -0.39 is 5.79 Å². The van der Waals surface area contributed by atoms with Crippen molar-refractivity contribution in [1.82, 2.24) is 9.88 Å². The van der Waals surface area contributed by atoms with Crippen LogP contribution < -0.4 is 4.90 Å². The van der Waals surface area contributed by atoms with Crippen LogP contribution in [0.2, 0.25) is 0 Å². The molecule has 0 bridgehead atoms. The molecule has 126 valence electrons. The average Bonchev–Trinajstić information content (AvgIpc) is 3.04. The van der Waals surface area contributed by atoms with Crippen LogP contribution >= 0.6 is 0 Å². The molecule has 0 aliphatic carbocycles. The summed E-state index contributed by atoms with van der Waals surface area (Å²) in [4.78, 5) is 21.1. The number of carbonyl (C=O) groups is 1. The van der Waals surface area contributed by atoms with E-state index in [0.29, 0.717) is 32.0 Å². The normalized spacial score (nSPS) is 20.0. The van der Waals surface area contributed by atoms with Crippen LogP contribution in [-0.4, -0.2) is 61.0 Å². The molecule has 1 spiro atoms. The van der Waals surface area contributed by atoms with Gasteiger partial charge in [-0.05, 0) is 26.0 Å². The maximum absolute atomic E-state index is 12.7. The van der Waals surface area contributed by atoms with Crippen LogP contribution in [0.3, 0.4) is 0 Å². The van der Waals surface area contributed by atoms with E-state index in [1.165, 1.54) is 0 Å². The molecular weight excluding hydrogens is 294 g/mol. The Labute approximate surface area is 137 Å². The van der Waals surface area contributed by atoms with Crippen LogP contribution in [0.25, 0.3) is 0 Å². The Morgan fingerprint density at radius 3 is 2.52 bits per heavy atom. The quantitative estimate of drug-likeness (QED) is 0.848. The Bertz CT molecular complexity index is 544. The predicted molar refractivity (Wildman–Crippen MR) is 87.6 cm³/mol. The molecule has 2 aliphatic heterocycles. The minimum atomic E-state index is -0.451. The lowest BCUT2D eigenvalue weighted by Crippen LogP contribution is -2.47. The SMILES string of the molecule is CCN(CC)c1ccnc(C(=O)N2CCC3(CC2)OCCO3)c1. The van der Waals surface area contributed by atoms with Crippen molar-refractivity contribution in [2.45, 2.75) is 32.5 Å². The van der Waals surface area contributed by atoms with Gasteiger partial charge >= 0.3 is 0 Å². The maximum atomic E-state index is 12.7. The second-order valence-corrected chi connectivity index (χ2v) is 5.97. The zero-order valence-corrected chi connectivity index (χ0v) is 14.0. The Kier molecular flexibility index (Phi) is 4.82. The summed E-state index contributed by atoms with van der Waals surface area (Å²) in [5, 5.41) is 0. The summed E-state index contributed by atoms with van der Waals surface area (Å²) in [7, 11) is 0. The van der Waals surface area contributed by atoms with E-state index in [-0.39, 0.29) is 5.91 Å². The third kappa shape index (κ3) is 3.33. The number of carbonyl (C=O) groups excluding carboxylic acids is 1. The van der Waals surface area contributed by atoms with Gasteiger partial charge in [-0.25, -0.2) is 0 Å². The van der Waals surface area contributed by atoms with Crippen molar-refractivity contribution in [1.29, 1.82) is 0 Å². The average molecular weight is 319 g/mol. The summed E-state index contributed by atoms with van der Waals surface area (Å²) in [5.41, 5.74) is 1.56. The van der Waals surface area contributed by atoms with Crippen molar-refractivity contribution in [2.24, 2.45) is 0 Å². The fraction of sp³-hybridized carbons (Fsp3) is 0.647. The zero-order valence-electron chi connectivity index (χ0n) is 14.0. The third-order valence-electron chi connectivity index (χ3n) is 4.72. The number of amides is 1. The summed E-state index contributed by atoms with van der Waals surface area (Å²) in [6, 6.07) is 3.84. The lowest BCUT2D eigenvalue weighted by atomic mass is 10.0. The Morgan fingerprint density at radius 1 is 1.26 bits per heavy atom. The first-order valence-electron chi connectivity index (χ1n) is 8.45. The highest BCUT2D eigenvalue weighted by Crippen LogP contribution is 2.31. The number of ether oxygens (including phenoxy) is 2. The molecule has 0 atom stereocenters. The maximum Gasteiger partial charge on any atom is 0.272 e. The van der Waals surface area contributed by atoms with Gasteiger partial charge in [0.05, 0.1) is 13.2 Å². The first kappa shape index (κ1) is 16.2. The standard InChI is InChI=1S/C17H25N3O3/c1-3-19(4-2)14-5-8-18-15(13-14)16(21)20-9-6-17(7-10-20)22-11-12-23-17/h5,8,13H,3-4,6-7,9-12H2,1-2H3. The molecular formula is C17H25N3O3. The molecule has 1 aromatic heterocycles. The number of piperidine rings is 1. The number of likely N-dealkylation sites (tertiary alicyclic amines) is 1. The highest BCUT2D eigenvalue weighted by Gasteiger charge is 2.41. The second-order valence-electron chi connectivity index (χ2n) is 5.97. The molecule has 0 radical (unpaired) electrons. The van der Waals surface area contributed by atoms with Gasteiger partial charge in [0, 0.05) is 50.9 Å². The molecule has 3 heterocycles. The summed E-state index contributed by atoms with van der Waals surface area (Å²) in [5.74, 6) is -0.459. The van der Waals surface area contributed by atoms with E-state index in [4.69, 9.17) is 9.47 Å². The smallest absolute Gasteiger partial charge is 0.272 e. The van der Waals surface area contributed by atoms with Gasteiger partial charge in [0.2, 0.25) is 0 Å². The van der Waals surface area contributed by atoms with Crippen LogP contribution in [0.15, 0.2) is 18.3 Å². The van der Waals surface area contributed by atoms with Gasteiger partial charge < -0.3 is 19.3 Å².